The molecule has 2 aromatic carbocycles. The Morgan fingerprint density at radius 2 is 1.50 bits per heavy atom. The van der Waals surface area contributed by atoms with Crippen molar-refractivity contribution >= 4 is 0 Å². The third-order valence-electron chi connectivity index (χ3n) is 2.69. The minimum absolute atomic E-state index is 0.278. The van der Waals surface area contributed by atoms with Crippen molar-refractivity contribution in [3.63, 3.8) is 0 Å². The lowest BCUT2D eigenvalue weighted by atomic mass is 10.2. The monoisotopic (exact) mass is 244 g/mol. The van der Waals surface area contributed by atoms with E-state index in [1.807, 2.05) is 48.5 Å². The third kappa shape index (κ3) is 2.96. The lowest BCUT2D eigenvalue weighted by Crippen LogP contribution is -2.31. The second kappa shape index (κ2) is 5.78. The smallest absolute Gasteiger partial charge is 0.309 e. The molecule has 0 heterocycles. The summed E-state index contributed by atoms with van der Waals surface area (Å²) in [4.78, 5) is 0. The lowest BCUT2D eigenvalue weighted by molar-refractivity contribution is -0.368. The van der Waals surface area contributed by atoms with E-state index in [0.717, 1.165) is 5.56 Å². The first-order chi connectivity index (χ1) is 8.74. The molecule has 2 aromatic rings. The second-order valence-corrected chi connectivity index (χ2v) is 3.93. The highest BCUT2D eigenvalue weighted by atomic mass is 16.8. The molecule has 0 aromatic heterocycles. The van der Waals surface area contributed by atoms with Crippen LogP contribution in [0.5, 0.6) is 0 Å². The summed E-state index contributed by atoms with van der Waals surface area (Å²) in [7, 11) is 1.41. The molecule has 1 atom stereocenters. The summed E-state index contributed by atoms with van der Waals surface area (Å²) in [5, 5.41) is 10.3. The molecule has 0 saturated heterocycles. The number of hydrogen-bond acceptors (Lipinski definition) is 3. The van der Waals surface area contributed by atoms with Gasteiger partial charge < -0.3 is 14.6 Å². The first kappa shape index (κ1) is 12.8. The molecular weight excluding hydrogens is 228 g/mol. The highest BCUT2D eigenvalue weighted by Gasteiger charge is 2.30. The van der Waals surface area contributed by atoms with E-state index in [4.69, 9.17) is 9.47 Å². The lowest BCUT2D eigenvalue weighted by Gasteiger charge is -2.26. The van der Waals surface area contributed by atoms with Crippen LogP contribution in [0.2, 0.25) is 0 Å². The van der Waals surface area contributed by atoms with Crippen LogP contribution >= 0.6 is 0 Å². The average Bonchev–Trinajstić information content (AvgIpc) is 2.47. The molecule has 0 amide bonds. The molecule has 2 rings (SSSR count). The van der Waals surface area contributed by atoms with Gasteiger partial charge in [0, 0.05) is 12.7 Å². The fourth-order valence-corrected chi connectivity index (χ4v) is 1.66. The Bertz CT molecular complexity index is 470. The maximum Gasteiger partial charge on any atom is 0.309 e. The summed E-state index contributed by atoms with van der Waals surface area (Å²) >= 11 is 0. The zero-order valence-corrected chi connectivity index (χ0v) is 10.2. The van der Waals surface area contributed by atoms with Crippen LogP contribution in [-0.2, 0) is 22.1 Å². The normalized spacial score (nSPS) is 14.1. The predicted molar refractivity (Wildman–Crippen MR) is 68.6 cm³/mol. The topological polar surface area (TPSA) is 38.7 Å². The van der Waals surface area contributed by atoms with Gasteiger partial charge in [-0.2, -0.15) is 0 Å². The van der Waals surface area contributed by atoms with Crippen LogP contribution in [-0.4, -0.2) is 12.2 Å². The summed E-state index contributed by atoms with van der Waals surface area (Å²) in [6.07, 6.45) is 0. The van der Waals surface area contributed by atoms with Crippen LogP contribution in [0.15, 0.2) is 60.7 Å². The van der Waals surface area contributed by atoms with Gasteiger partial charge in [-0.3, -0.25) is 0 Å². The van der Waals surface area contributed by atoms with Gasteiger partial charge in [0.15, 0.2) is 0 Å². The van der Waals surface area contributed by atoms with Gasteiger partial charge in [-0.25, -0.2) is 0 Å². The number of aliphatic hydroxyl groups is 1. The van der Waals surface area contributed by atoms with Crippen molar-refractivity contribution < 1.29 is 14.6 Å². The average molecular weight is 244 g/mol. The number of benzene rings is 2. The summed E-state index contributed by atoms with van der Waals surface area (Å²) < 4.78 is 10.6. The van der Waals surface area contributed by atoms with E-state index >= 15 is 0 Å². The fraction of sp³-hybridized carbons (Fsp3) is 0.200. The van der Waals surface area contributed by atoms with Crippen molar-refractivity contribution in [1.29, 1.82) is 0 Å². The van der Waals surface area contributed by atoms with E-state index in [9.17, 15) is 5.11 Å². The molecule has 3 heteroatoms. The molecule has 94 valence electrons. The molecule has 18 heavy (non-hydrogen) atoms. The molecule has 0 aliphatic rings. The molecule has 0 spiro atoms. The van der Waals surface area contributed by atoms with Crippen LogP contribution in [0.3, 0.4) is 0 Å². The molecule has 0 saturated carbocycles. The molecule has 0 aliphatic heterocycles. The Morgan fingerprint density at radius 3 is 2.06 bits per heavy atom. The molecule has 0 fully saturated rings. The van der Waals surface area contributed by atoms with Gasteiger partial charge in [-0.15, -0.1) is 0 Å². The van der Waals surface area contributed by atoms with E-state index in [1.54, 1.807) is 12.1 Å². The highest BCUT2D eigenvalue weighted by Crippen LogP contribution is 2.24. The number of methoxy groups -OCH3 is 1. The van der Waals surface area contributed by atoms with Crippen molar-refractivity contribution in [2.75, 3.05) is 7.11 Å². The molecule has 0 radical (unpaired) electrons. The third-order valence-corrected chi connectivity index (χ3v) is 2.69. The molecule has 1 unspecified atom stereocenters. The first-order valence-electron chi connectivity index (χ1n) is 5.75. The van der Waals surface area contributed by atoms with Gasteiger partial charge in [0.05, 0.1) is 6.61 Å². The van der Waals surface area contributed by atoms with Gasteiger partial charge in [0.2, 0.25) is 0 Å². The zero-order chi connectivity index (χ0) is 12.8. The van der Waals surface area contributed by atoms with Crippen LogP contribution < -0.4 is 0 Å². The molecule has 1 N–H and O–H groups in total. The maximum absolute atomic E-state index is 10.3. The molecule has 0 aliphatic carbocycles. The zero-order valence-electron chi connectivity index (χ0n) is 10.2. The quantitative estimate of drug-likeness (QED) is 0.822. The largest absolute Gasteiger partial charge is 0.339 e. The highest BCUT2D eigenvalue weighted by molar-refractivity contribution is 5.18. The van der Waals surface area contributed by atoms with E-state index in [2.05, 4.69) is 0 Å². The van der Waals surface area contributed by atoms with Crippen LogP contribution in [0.25, 0.3) is 0 Å². The van der Waals surface area contributed by atoms with Crippen LogP contribution in [0, 0.1) is 0 Å². The Morgan fingerprint density at radius 1 is 0.944 bits per heavy atom. The first-order valence-corrected chi connectivity index (χ1v) is 5.75. The van der Waals surface area contributed by atoms with Crippen molar-refractivity contribution in [2.45, 2.75) is 12.6 Å². The van der Waals surface area contributed by atoms with Crippen molar-refractivity contribution in [3.05, 3.63) is 71.8 Å². The van der Waals surface area contributed by atoms with Gasteiger partial charge in [-0.1, -0.05) is 60.7 Å². The number of rotatable bonds is 5. The molecular formula is C15H16O3. The van der Waals surface area contributed by atoms with Gasteiger partial charge in [0.25, 0.3) is 0 Å². The fourth-order valence-electron chi connectivity index (χ4n) is 1.66. The number of ether oxygens (including phenoxy) is 2. The van der Waals surface area contributed by atoms with E-state index in [1.165, 1.54) is 7.11 Å². The van der Waals surface area contributed by atoms with E-state index < -0.39 is 5.97 Å². The van der Waals surface area contributed by atoms with Gasteiger partial charge in [-0.05, 0) is 5.56 Å². The summed E-state index contributed by atoms with van der Waals surface area (Å²) in [6.45, 7) is 0.278. The van der Waals surface area contributed by atoms with Crippen LogP contribution in [0.1, 0.15) is 11.1 Å². The SMILES string of the molecule is COC(O)(OCc1ccccc1)c1ccccc1. The Kier molecular flexibility index (Phi) is 4.10. The molecule has 3 nitrogen and oxygen atoms in total. The van der Waals surface area contributed by atoms with Crippen LogP contribution in [0.4, 0.5) is 0 Å². The minimum atomic E-state index is -1.71. The van der Waals surface area contributed by atoms with E-state index in [-0.39, 0.29) is 6.61 Å². The minimum Gasteiger partial charge on any atom is -0.339 e. The van der Waals surface area contributed by atoms with Gasteiger partial charge >= 0.3 is 5.97 Å². The predicted octanol–water partition coefficient (Wildman–Crippen LogP) is 2.65. The van der Waals surface area contributed by atoms with Crippen molar-refractivity contribution in [3.8, 4) is 0 Å². The Hall–Kier alpha value is -1.68. The Labute approximate surface area is 107 Å². The summed E-state index contributed by atoms with van der Waals surface area (Å²) in [6, 6.07) is 18.7. The Balaban J connectivity index is 2.10. The van der Waals surface area contributed by atoms with Crippen molar-refractivity contribution in [2.24, 2.45) is 0 Å². The summed E-state index contributed by atoms with van der Waals surface area (Å²) in [5.74, 6) is -1.71. The van der Waals surface area contributed by atoms with Gasteiger partial charge in [0.1, 0.15) is 0 Å². The molecule has 0 bridgehead atoms. The maximum atomic E-state index is 10.3. The second-order valence-electron chi connectivity index (χ2n) is 3.93. The van der Waals surface area contributed by atoms with Crippen molar-refractivity contribution in [1.82, 2.24) is 0 Å². The standard InChI is InChI=1S/C15H16O3/c1-17-15(16,14-10-6-3-7-11-14)18-12-13-8-4-2-5-9-13/h2-11,16H,12H2,1H3. The van der Waals surface area contributed by atoms with E-state index in [0.29, 0.717) is 5.56 Å². The summed E-state index contributed by atoms with van der Waals surface area (Å²) in [5.41, 5.74) is 1.55. The number of hydrogen-bond donors (Lipinski definition) is 1.